The van der Waals surface area contributed by atoms with Crippen molar-refractivity contribution in [2.75, 3.05) is 34.2 Å². The molecule has 14 heteroatoms. The van der Waals surface area contributed by atoms with E-state index in [-0.39, 0.29) is 34.6 Å². The Hall–Kier alpha value is -5.16. The van der Waals surface area contributed by atoms with Crippen LogP contribution in [0.4, 0.5) is 13.2 Å². The normalized spacial score (nSPS) is 15.6. The molecule has 1 atom stereocenters. The summed E-state index contributed by atoms with van der Waals surface area (Å²) in [5, 5.41) is 16.3. The molecule has 1 aliphatic heterocycles. The average Bonchev–Trinajstić information content (AvgIpc) is 3.61. The van der Waals surface area contributed by atoms with Crippen LogP contribution in [0, 0.1) is 11.3 Å². The fourth-order valence-electron chi connectivity index (χ4n) is 6.03. The summed E-state index contributed by atoms with van der Waals surface area (Å²) in [4.78, 5) is 43.1. The van der Waals surface area contributed by atoms with E-state index in [1.54, 1.807) is 42.3 Å². The van der Waals surface area contributed by atoms with Crippen LogP contribution in [0.15, 0.2) is 65.6 Å². The molecule has 0 spiro atoms. The minimum Gasteiger partial charge on any atom is -0.341 e. The smallest absolute Gasteiger partial charge is 0.341 e. The van der Waals surface area contributed by atoms with Crippen molar-refractivity contribution in [2.24, 2.45) is 7.05 Å². The maximum absolute atomic E-state index is 14.1. The number of hydrogen-bond donors (Lipinski definition) is 1. The highest BCUT2D eigenvalue weighted by molar-refractivity contribution is 6.02. The lowest BCUT2D eigenvalue weighted by molar-refractivity contribution is -0.895. The SMILES string of the molecule is C[C@H](NC(=O)c1c(-c2ccnn2-c2ccc(C#N)cc2)n(C)n(-c2cccc(C(F)(F)F)c2)c1=O)C(=O)N(C)C1CC[N+](C)(C)CC1. The van der Waals surface area contributed by atoms with Gasteiger partial charge >= 0.3 is 6.18 Å². The summed E-state index contributed by atoms with van der Waals surface area (Å²) in [7, 11) is 7.43. The molecule has 2 amide bonds. The number of amides is 2. The van der Waals surface area contributed by atoms with E-state index in [2.05, 4.69) is 24.5 Å². The van der Waals surface area contributed by atoms with Crippen LogP contribution in [0.25, 0.3) is 22.8 Å². The molecule has 4 aromatic rings. The van der Waals surface area contributed by atoms with Gasteiger partial charge in [-0.05, 0) is 55.5 Å². The fraction of sp³-hybridized carbons (Fsp3) is 0.364. The molecule has 0 saturated carbocycles. The van der Waals surface area contributed by atoms with Crippen LogP contribution in [-0.2, 0) is 18.0 Å². The van der Waals surface area contributed by atoms with Gasteiger partial charge in [0.05, 0.1) is 67.6 Å². The summed E-state index contributed by atoms with van der Waals surface area (Å²) in [5.74, 6) is -1.19. The molecular formula is C33H36F3N8O3+. The lowest BCUT2D eigenvalue weighted by Gasteiger charge is -2.40. The van der Waals surface area contributed by atoms with Crippen LogP contribution < -0.4 is 10.9 Å². The van der Waals surface area contributed by atoms with Crippen LogP contribution in [-0.4, -0.2) is 86.7 Å². The number of carbonyl (C=O) groups excluding carboxylic acids is 2. The van der Waals surface area contributed by atoms with E-state index in [9.17, 15) is 32.8 Å². The average molecular weight is 650 g/mol. The molecular weight excluding hydrogens is 613 g/mol. The molecule has 2 aromatic heterocycles. The highest BCUT2D eigenvalue weighted by Gasteiger charge is 2.35. The Labute approximate surface area is 269 Å². The summed E-state index contributed by atoms with van der Waals surface area (Å²) < 4.78 is 45.5. The molecule has 0 aliphatic carbocycles. The Morgan fingerprint density at radius 1 is 1.09 bits per heavy atom. The third-order valence-corrected chi connectivity index (χ3v) is 8.79. The Bertz CT molecular complexity index is 1900. The third-order valence-electron chi connectivity index (χ3n) is 8.79. The van der Waals surface area contributed by atoms with Gasteiger partial charge in [-0.3, -0.25) is 19.1 Å². The molecule has 5 rings (SSSR count). The summed E-state index contributed by atoms with van der Waals surface area (Å²) in [5.41, 5.74) is -1.08. The third kappa shape index (κ3) is 6.57. The number of nitrogens with zero attached hydrogens (tertiary/aromatic N) is 7. The number of benzene rings is 2. The first kappa shape index (κ1) is 33.2. The first-order chi connectivity index (χ1) is 22.1. The van der Waals surface area contributed by atoms with E-state index in [0.29, 0.717) is 11.3 Å². The first-order valence-corrected chi connectivity index (χ1v) is 15.1. The lowest BCUT2D eigenvalue weighted by Crippen LogP contribution is -2.55. The summed E-state index contributed by atoms with van der Waals surface area (Å²) >= 11 is 0. The Morgan fingerprint density at radius 3 is 2.36 bits per heavy atom. The zero-order valence-electron chi connectivity index (χ0n) is 26.7. The predicted molar refractivity (Wildman–Crippen MR) is 168 cm³/mol. The van der Waals surface area contributed by atoms with E-state index in [4.69, 9.17) is 0 Å². The molecule has 246 valence electrons. The van der Waals surface area contributed by atoms with Gasteiger partial charge in [-0.1, -0.05) is 6.07 Å². The second-order valence-corrected chi connectivity index (χ2v) is 12.5. The second-order valence-electron chi connectivity index (χ2n) is 12.5. The lowest BCUT2D eigenvalue weighted by atomic mass is 10.0. The Balaban J connectivity index is 1.57. The van der Waals surface area contributed by atoms with Crippen LogP contribution in [0.3, 0.4) is 0 Å². The minimum atomic E-state index is -4.67. The van der Waals surface area contributed by atoms with Crippen molar-refractivity contribution in [1.29, 1.82) is 5.26 Å². The molecule has 0 bridgehead atoms. The van der Waals surface area contributed by atoms with Crippen LogP contribution in [0.2, 0.25) is 0 Å². The van der Waals surface area contributed by atoms with Crippen molar-refractivity contribution in [3.8, 4) is 28.8 Å². The number of likely N-dealkylation sites (tertiary alicyclic amines) is 1. The van der Waals surface area contributed by atoms with E-state index >= 15 is 0 Å². The number of alkyl halides is 3. The van der Waals surface area contributed by atoms with Gasteiger partial charge in [0, 0.05) is 33.0 Å². The zero-order valence-corrected chi connectivity index (χ0v) is 26.7. The minimum absolute atomic E-state index is 0.000183. The number of likely N-dealkylation sites (N-methyl/N-ethyl adjacent to an activating group) is 1. The van der Waals surface area contributed by atoms with Gasteiger partial charge < -0.3 is 14.7 Å². The summed E-state index contributed by atoms with van der Waals surface area (Å²) in [6, 6.07) is 13.3. The van der Waals surface area contributed by atoms with Crippen molar-refractivity contribution in [3.63, 3.8) is 0 Å². The maximum Gasteiger partial charge on any atom is 0.416 e. The molecule has 47 heavy (non-hydrogen) atoms. The standard InChI is InChI=1S/C33H35F3N8O3/c1-21(31(46)40(2)24-14-17-44(4,5)18-15-24)39-30(45)28-29(27-13-16-38-42(27)25-11-9-22(20-37)10-12-25)41(3)43(32(28)47)26-8-6-7-23(19-26)33(34,35)36/h6-13,16,19,21,24H,14-15,17-18H2,1-5H3/p+1/t21-/m0/s1. The van der Waals surface area contributed by atoms with Crippen molar-refractivity contribution in [3.05, 3.63) is 87.8 Å². The predicted octanol–water partition coefficient (Wildman–Crippen LogP) is 3.73. The van der Waals surface area contributed by atoms with E-state index in [0.717, 1.165) is 47.2 Å². The molecule has 1 fully saturated rings. The number of quaternary nitrogens is 1. The summed E-state index contributed by atoms with van der Waals surface area (Å²) in [6.07, 6.45) is -1.61. The highest BCUT2D eigenvalue weighted by Crippen LogP contribution is 2.31. The van der Waals surface area contributed by atoms with E-state index in [1.807, 2.05) is 6.07 Å². The molecule has 1 aliphatic rings. The summed E-state index contributed by atoms with van der Waals surface area (Å²) in [6.45, 7) is 3.34. The van der Waals surface area contributed by atoms with E-state index < -0.39 is 29.2 Å². The number of nitrogens with one attached hydrogen (secondary N) is 1. The van der Waals surface area contributed by atoms with E-state index in [1.165, 1.54) is 41.7 Å². The molecule has 11 nitrogen and oxygen atoms in total. The quantitative estimate of drug-likeness (QED) is 0.306. The van der Waals surface area contributed by atoms with Crippen molar-refractivity contribution >= 4 is 11.8 Å². The number of piperidine rings is 1. The molecule has 3 heterocycles. The Morgan fingerprint density at radius 2 is 1.74 bits per heavy atom. The van der Waals surface area contributed by atoms with Gasteiger partial charge in [-0.15, -0.1) is 0 Å². The van der Waals surface area contributed by atoms with Gasteiger partial charge in [0.25, 0.3) is 11.5 Å². The van der Waals surface area contributed by atoms with Gasteiger partial charge in [0.15, 0.2) is 0 Å². The van der Waals surface area contributed by atoms with Crippen LogP contribution >= 0.6 is 0 Å². The highest BCUT2D eigenvalue weighted by atomic mass is 19.4. The van der Waals surface area contributed by atoms with Gasteiger partial charge in [-0.2, -0.15) is 23.5 Å². The van der Waals surface area contributed by atoms with Crippen LogP contribution in [0.5, 0.6) is 0 Å². The van der Waals surface area contributed by atoms with Gasteiger partial charge in [0.2, 0.25) is 5.91 Å². The zero-order chi connectivity index (χ0) is 34.3. The number of rotatable bonds is 7. The molecule has 0 radical (unpaired) electrons. The fourth-order valence-corrected chi connectivity index (χ4v) is 6.03. The molecule has 2 aromatic carbocycles. The number of hydrogen-bond acceptors (Lipinski definition) is 5. The maximum atomic E-state index is 14.1. The van der Waals surface area contributed by atoms with Crippen LogP contribution in [0.1, 0.15) is 41.3 Å². The van der Waals surface area contributed by atoms with Gasteiger partial charge in [-0.25, -0.2) is 9.36 Å². The first-order valence-electron chi connectivity index (χ1n) is 15.1. The number of halogens is 3. The number of aromatic nitrogens is 4. The van der Waals surface area contributed by atoms with Gasteiger partial charge in [0.1, 0.15) is 17.3 Å². The van der Waals surface area contributed by atoms with Crippen molar-refractivity contribution < 1.29 is 27.2 Å². The molecule has 0 unspecified atom stereocenters. The number of nitriles is 1. The van der Waals surface area contributed by atoms with Crippen molar-refractivity contribution in [2.45, 2.75) is 38.0 Å². The monoisotopic (exact) mass is 649 g/mol. The Kier molecular flexibility index (Phi) is 8.87. The molecule has 1 saturated heterocycles. The molecule has 1 N–H and O–H groups in total. The number of carbonyl (C=O) groups is 2. The topological polar surface area (TPSA) is 118 Å². The largest absolute Gasteiger partial charge is 0.416 e. The van der Waals surface area contributed by atoms with Crippen molar-refractivity contribution in [1.82, 2.24) is 29.4 Å². The second kappa shape index (κ2) is 12.6.